The second kappa shape index (κ2) is 6.95. The van der Waals surface area contributed by atoms with Gasteiger partial charge in [0, 0.05) is 24.3 Å². The minimum Gasteiger partial charge on any atom is -0.315 e. The van der Waals surface area contributed by atoms with E-state index in [9.17, 15) is 14.0 Å². The van der Waals surface area contributed by atoms with E-state index >= 15 is 0 Å². The first-order chi connectivity index (χ1) is 13.5. The Balaban J connectivity index is 1.81. The van der Waals surface area contributed by atoms with E-state index < -0.39 is 10.7 Å². The van der Waals surface area contributed by atoms with Gasteiger partial charge in [-0.15, -0.1) is 11.8 Å². The maximum absolute atomic E-state index is 14.1. The SMILES string of the molecule is CCC(=O)N1CCS[C@]12C(=O)N(Cc1cccc(C#N)c1)c1ccc(F)cc12. The first-order valence-electron chi connectivity index (χ1n) is 9.06. The third-order valence-electron chi connectivity index (χ3n) is 5.16. The van der Waals surface area contributed by atoms with Crippen LogP contribution in [0.1, 0.15) is 30.0 Å². The van der Waals surface area contributed by atoms with Crippen molar-refractivity contribution >= 4 is 29.3 Å². The molecule has 2 heterocycles. The largest absolute Gasteiger partial charge is 0.315 e. The zero-order valence-corrected chi connectivity index (χ0v) is 16.1. The molecule has 2 amide bonds. The van der Waals surface area contributed by atoms with E-state index in [1.807, 2.05) is 6.07 Å². The number of halogens is 1. The molecular formula is C21H18FN3O2S. The van der Waals surface area contributed by atoms with Gasteiger partial charge in [0.05, 0.1) is 23.9 Å². The molecule has 0 N–H and O–H groups in total. The lowest BCUT2D eigenvalue weighted by Gasteiger charge is -2.33. The van der Waals surface area contributed by atoms with Crippen molar-refractivity contribution in [2.75, 3.05) is 17.2 Å². The number of carbonyl (C=O) groups excluding carboxylic acids is 2. The van der Waals surface area contributed by atoms with Crippen LogP contribution in [0.4, 0.5) is 10.1 Å². The van der Waals surface area contributed by atoms with Gasteiger partial charge in [-0.1, -0.05) is 19.1 Å². The molecule has 5 nitrogen and oxygen atoms in total. The number of nitrogens with zero attached hydrogens (tertiary/aromatic N) is 3. The molecule has 1 saturated heterocycles. The average Bonchev–Trinajstić information content (AvgIpc) is 3.25. The summed E-state index contributed by atoms with van der Waals surface area (Å²) in [6.07, 6.45) is 0.282. The Kier molecular flexibility index (Phi) is 4.60. The average molecular weight is 395 g/mol. The van der Waals surface area contributed by atoms with E-state index in [1.54, 1.807) is 41.0 Å². The fourth-order valence-electron chi connectivity index (χ4n) is 3.91. The maximum atomic E-state index is 14.1. The van der Waals surface area contributed by atoms with Crippen LogP contribution < -0.4 is 4.90 Å². The summed E-state index contributed by atoms with van der Waals surface area (Å²) in [6.45, 7) is 2.47. The lowest BCUT2D eigenvalue weighted by molar-refractivity contribution is -0.139. The molecule has 0 unspecified atom stereocenters. The van der Waals surface area contributed by atoms with Gasteiger partial charge in [-0.2, -0.15) is 5.26 Å². The Morgan fingerprint density at radius 1 is 1.32 bits per heavy atom. The molecule has 2 aliphatic rings. The number of carbonyl (C=O) groups is 2. The van der Waals surface area contributed by atoms with Crippen LogP contribution in [0, 0.1) is 17.1 Å². The number of nitriles is 1. The van der Waals surface area contributed by atoms with E-state index in [1.165, 1.54) is 23.9 Å². The number of fused-ring (bicyclic) bond motifs is 2. The number of hydrogen-bond acceptors (Lipinski definition) is 4. The summed E-state index contributed by atoms with van der Waals surface area (Å²) in [5, 5.41) is 9.13. The van der Waals surface area contributed by atoms with Gasteiger partial charge in [0.25, 0.3) is 5.91 Å². The highest BCUT2D eigenvalue weighted by Crippen LogP contribution is 2.54. The molecule has 142 valence electrons. The predicted molar refractivity (Wildman–Crippen MR) is 105 cm³/mol. The molecule has 1 atom stereocenters. The first-order valence-corrected chi connectivity index (χ1v) is 10.0. The highest BCUT2D eigenvalue weighted by Gasteiger charge is 2.59. The van der Waals surface area contributed by atoms with E-state index in [0.29, 0.717) is 29.1 Å². The van der Waals surface area contributed by atoms with Gasteiger partial charge in [-0.05, 0) is 35.9 Å². The van der Waals surface area contributed by atoms with Gasteiger partial charge in [-0.3, -0.25) is 9.59 Å². The smallest absolute Gasteiger partial charge is 0.268 e. The second-order valence-electron chi connectivity index (χ2n) is 6.76. The molecule has 0 radical (unpaired) electrons. The molecule has 1 fully saturated rings. The zero-order valence-electron chi connectivity index (χ0n) is 15.3. The van der Waals surface area contributed by atoms with Crippen LogP contribution in [0.25, 0.3) is 0 Å². The fourth-order valence-corrected chi connectivity index (χ4v) is 5.38. The lowest BCUT2D eigenvalue weighted by Crippen LogP contribution is -2.50. The summed E-state index contributed by atoms with van der Waals surface area (Å²) in [6, 6.07) is 13.4. The molecule has 2 aliphatic heterocycles. The van der Waals surface area contributed by atoms with Crippen molar-refractivity contribution < 1.29 is 14.0 Å². The number of anilines is 1. The van der Waals surface area contributed by atoms with Crippen molar-refractivity contribution in [3.8, 4) is 6.07 Å². The summed E-state index contributed by atoms with van der Waals surface area (Å²) in [4.78, 5) is 28.2. The molecule has 7 heteroatoms. The highest BCUT2D eigenvalue weighted by molar-refractivity contribution is 8.01. The van der Waals surface area contributed by atoms with Crippen LogP contribution in [-0.4, -0.2) is 29.0 Å². The lowest BCUT2D eigenvalue weighted by atomic mass is 10.1. The Labute approximate surface area is 166 Å². The van der Waals surface area contributed by atoms with Crippen LogP contribution in [-0.2, 0) is 21.0 Å². The van der Waals surface area contributed by atoms with E-state index in [-0.39, 0.29) is 24.8 Å². The molecule has 4 rings (SSSR count). The van der Waals surface area contributed by atoms with Gasteiger partial charge < -0.3 is 9.80 Å². The number of thioether (sulfide) groups is 1. The van der Waals surface area contributed by atoms with E-state index in [2.05, 4.69) is 6.07 Å². The summed E-state index contributed by atoms with van der Waals surface area (Å²) in [7, 11) is 0. The van der Waals surface area contributed by atoms with Crippen molar-refractivity contribution in [3.63, 3.8) is 0 Å². The van der Waals surface area contributed by atoms with Gasteiger partial charge >= 0.3 is 0 Å². The molecule has 0 aromatic heterocycles. The van der Waals surface area contributed by atoms with Gasteiger partial charge in [0.1, 0.15) is 5.82 Å². The molecule has 2 aromatic rings. The predicted octanol–water partition coefficient (Wildman–Crippen LogP) is 3.38. The molecular weight excluding hydrogens is 377 g/mol. The molecule has 0 bridgehead atoms. The van der Waals surface area contributed by atoms with Crippen LogP contribution in [0.15, 0.2) is 42.5 Å². The summed E-state index contributed by atoms with van der Waals surface area (Å²) in [5.74, 6) is -0.178. The summed E-state index contributed by atoms with van der Waals surface area (Å²) in [5.41, 5.74) is 2.45. The van der Waals surface area contributed by atoms with Crippen LogP contribution in [0.2, 0.25) is 0 Å². The van der Waals surface area contributed by atoms with Crippen LogP contribution in [0.3, 0.4) is 0 Å². The maximum Gasteiger partial charge on any atom is 0.268 e. The van der Waals surface area contributed by atoms with Crippen molar-refractivity contribution in [3.05, 3.63) is 65.0 Å². The quantitative estimate of drug-likeness (QED) is 0.799. The minimum absolute atomic E-state index is 0.123. The number of hydrogen-bond donors (Lipinski definition) is 0. The third-order valence-corrected chi connectivity index (χ3v) is 6.58. The van der Waals surface area contributed by atoms with Crippen molar-refractivity contribution in [2.24, 2.45) is 0 Å². The van der Waals surface area contributed by atoms with Gasteiger partial charge in [0.15, 0.2) is 4.87 Å². The van der Waals surface area contributed by atoms with Gasteiger partial charge in [-0.25, -0.2) is 4.39 Å². The Morgan fingerprint density at radius 3 is 2.89 bits per heavy atom. The van der Waals surface area contributed by atoms with Crippen molar-refractivity contribution in [2.45, 2.75) is 24.8 Å². The van der Waals surface area contributed by atoms with Gasteiger partial charge in [0.2, 0.25) is 5.91 Å². The summed E-state index contributed by atoms with van der Waals surface area (Å²) < 4.78 is 14.1. The number of rotatable bonds is 3. The Morgan fingerprint density at radius 2 is 2.14 bits per heavy atom. The fraction of sp³-hybridized carbons (Fsp3) is 0.286. The molecule has 2 aromatic carbocycles. The van der Waals surface area contributed by atoms with Crippen molar-refractivity contribution in [1.29, 1.82) is 5.26 Å². The Hall–Kier alpha value is -2.85. The third kappa shape index (κ3) is 2.68. The van der Waals surface area contributed by atoms with E-state index in [0.717, 1.165) is 5.56 Å². The highest BCUT2D eigenvalue weighted by atomic mass is 32.2. The molecule has 28 heavy (non-hydrogen) atoms. The minimum atomic E-state index is -1.21. The van der Waals surface area contributed by atoms with E-state index in [4.69, 9.17) is 5.26 Å². The zero-order chi connectivity index (χ0) is 19.9. The standard InChI is InChI=1S/C21H18FN3O2S/c1-2-19(26)25-8-9-28-21(25)17-11-16(22)6-7-18(17)24(20(21)27)13-15-5-3-4-14(10-15)12-23/h3-7,10-11H,2,8-9,13H2,1H3/t21-/m1/s1. The monoisotopic (exact) mass is 395 g/mol. The molecule has 0 aliphatic carbocycles. The molecule has 0 saturated carbocycles. The van der Waals surface area contributed by atoms with Crippen LogP contribution in [0.5, 0.6) is 0 Å². The summed E-state index contributed by atoms with van der Waals surface area (Å²) >= 11 is 1.38. The first kappa shape index (κ1) is 18.5. The normalized spacial score (nSPS) is 20.5. The molecule has 1 spiro atoms. The Bertz CT molecular complexity index is 1020. The van der Waals surface area contributed by atoms with Crippen LogP contribution >= 0.6 is 11.8 Å². The second-order valence-corrected chi connectivity index (χ2v) is 8.04. The number of amides is 2. The number of benzene rings is 2. The topological polar surface area (TPSA) is 64.4 Å². The van der Waals surface area contributed by atoms with Crippen molar-refractivity contribution in [1.82, 2.24) is 4.90 Å².